The molecule has 0 unspecified atom stereocenters. The van der Waals surface area contributed by atoms with Crippen LogP contribution in [-0.4, -0.2) is 15.6 Å². The minimum atomic E-state index is -1.11. The third kappa shape index (κ3) is 2.54. The molecule has 5 nitrogen and oxygen atoms in total. The molecule has 21 heavy (non-hydrogen) atoms. The first-order valence-electron chi connectivity index (χ1n) is 6.03. The molecule has 6 heteroatoms. The fourth-order valence-electron chi connectivity index (χ4n) is 2.26. The number of carboxylic acids is 1. The summed E-state index contributed by atoms with van der Waals surface area (Å²) in [5, 5.41) is 18.3. The van der Waals surface area contributed by atoms with Crippen molar-refractivity contribution in [3.8, 4) is 11.8 Å². The average molecular weight is 303 g/mol. The van der Waals surface area contributed by atoms with Gasteiger partial charge in [-0.2, -0.15) is 5.26 Å². The van der Waals surface area contributed by atoms with E-state index in [1.165, 1.54) is 28.8 Å². The Morgan fingerprint density at radius 2 is 2.00 bits per heavy atom. The fraction of sp³-hybridized carbons (Fsp3) is 0.133. The van der Waals surface area contributed by atoms with Crippen molar-refractivity contribution in [1.82, 2.24) is 4.57 Å². The van der Waals surface area contributed by atoms with E-state index in [1.54, 1.807) is 13.8 Å². The van der Waals surface area contributed by atoms with E-state index in [9.17, 15) is 14.7 Å². The molecular weight excluding hydrogens is 292 g/mol. The first-order chi connectivity index (χ1) is 9.86. The Morgan fingerprint density at radius 3 is 2.52 bits per heavy atom. The van der Waals surface area contributed by atoms with Gasteiger partial charge in [0.25, 0.3) is 5.56 Å². The smallest absolute Gasteiger partial charge is 0.337 e. The summed E-state index contributed by atoms with van der Waals surface area (Å²) >= 11 is 6.10. The molecule has 1 aromatic carbocycles. The lowest BCUT2D eigenvalue weighted by molar-refractivity contribution is 0.0694. The van der Waals surface area contributed by atoms with Crippen LogP contribution < -0.4 is 5.56 Å². The number of carbonyl (C=O) groups is 1. The van der Waals surface area contributed by atoms with Gasteiger partial charge in [0.2, 0.25) is 0 Å². The van der Waals surface area contributed by atoms with Crippen LogP contribution in [0.15, 0.2) is 29.1 Å². The second-order valence-corrected chi connectivity index (χ2v) is 4.95. The van der Waals surface area contributed by atoms with Crippen LogP contribution in [0.1, 0.15) is 27.2 Å². The highest BCUT2D eigenvalue weighted by Gasteiger charge is 2.18. The molecule has 0 radical (unpaired) electrons. The maximum absolute atomic E-state index is 12.2. The summed E-state index contributed by atoms with van der Waals surface area (Å²) in [7, 11) is 0. The number of rotatable bonds is 2. The Hall–Kier alpha value is -2.58. The molecule has 0 atom stereocenters. The Morgan fingerprint density at radius 1 is 1.33 bits per heavy atom. The summed E-state index contributed by atoms with van der Waals surface area (Å²) < 4.78 is 1.24. The Balaban J connectivity index is 2.82. The molecule has 1 N–H and O–H groups in total. The molecular formula is C15H11ClN2O3. The van der Waals surface area contributed by atoms with Crippen molar-refractivity contribution in [2.45, 2.75) is 13.8 Å². The van der Waals surface area contributed by atoms with Gasteiger partial charge in [-0.1, -0.05) is 11.6 Å². The quantitative estimate of drug-likeness (QED) is 0.924. The molecule has 1 aromatic heterocycles. The zero-order chi connectivity index (χ0) is 15.7. The molecule has 106 valence electrons. The Bertz CT molecular complexity index is 847. The standard InChI is InChI=1S/C15H11ClN2O3/c1-8-5-13(19)18(9(2)14(8)15(20)21)12-4-3-10(7-17)6-11(12)16/h3-6H,1-2H3,(H,20,21). The minimum Gasteiger partial charge on any atom is -0.478 e. The lowest BCUT2D eigenvalue weighted by atomic mass is 10.1. The summed E-state index contributed by atoms with van der Waals surface area (Å²) in [6.07, 6.45) is 0. The summed E-state index contributed by atoms with van der Waals surface area (Å²) in [6.45, 7) is 3.12. The second-order valence-electron chi connectivity index (χ2n) is 4.54. The molecule has 1 heterocycles. The second kappa shape index (κ2) is 5.43. The highest BCUT2D eigenvalue weighted by Crippen LogP contribution is 2.23. The number of halogens is 1. The third-order valence-electron chi connectivity index (χ3n) is 3.18. The monoisotopic (exact) mass is 302 g/mol. The molecule has 0 saturated heterocycles. The van der Waals surface area contributed by atoms with Gasteiger partial charge in [-0.15, -0.1) is 0 Å². The molecule has 0 fully saturated rings. The number of carboxylic acid groups (broad SMARTS) is 1. The van der Waals surface area contributed by atoms with E-state index in [4.69, 9.17) is 16.9 Å². The number of nitrogens with zero attached hydrogens (tertiary/aromatic N) is 2. The molecule has 0 aliphatic heterocycles. The van der Waals surface area contributed by atoms with E-state index in [0.29, 0.717) is 22.5 Å². The number of hydrogen-bond acceptors (Lipinski definition) is 3. The molecule has 0 amide bonds. The summed E-state index contributed by atoms with van der Waals surface area (Å²) in [5.74, 6) is -1.11. The topological polar surface area (TPSA) is 83.1 Å². The number of aromatic carboxylic acids is 1. The number of aryl methyl sites for hydroxylation is 1. The van der Waals surface area contributed by atoms with Gasteiger partial charge in [-0.05, 0) is 37.6 Å². The van der Waals surface area contributed by atoms with Crippen LogP contribution in [0, 0.1) is 25.2 Å². The van der Waals surface area contributed by atoms with Crippen molar-refractivity contribution >= 4 is 17.6 Å². The molecule has 0 spiro atoms. The maximum Gasteiger partial charge on any atom is 0.337 e. The van der Waals surface area contributed by atoms with Crippen LogP contribution >= 0.6 is 11.6 Å². The number of hydrogen-bond donors (Lipinski definition) is 1. The summed E-state index contributed by atoms with van der Waals surface area (Å²) in [6, 6.07) is 7.68. The van der Waals surface area contributed by atoms with Crippen molar-refractivity contribution in [1.29, 1.82) is 5.26 Å². The molecule has 0 bridgehead atoms. The molecule has 0 saturated carbocycles. The van der Waals surface area contributed by atoms with Crippen LogP contribution in [0.4, 0.5) is 0 Å². The largest absolute Gasteiger partial charge is 0.478 e. The van der Waals surface area contributed by atoms with E-state index >= 15 is 0 Å². The zero-order valence-corrected chi connectivity index (χ0v) is 12.1. The Kier molecular flexibility index (Phi) is 3.83. The van der Waals surface area contributed by atoms with Gasteiger partial charge in [0.15, 0.2) is 0 Å². The number of pyridine rings is 1. The number of benzene rings is 1. The van der Waals surface area contributed by atoms with Crippen molar-refractivity contribution in [2.24, 2.45) is 0 Å². The lowest BCUT2D eigenvalue weighted by Gasteiger charge is -2.15. The van der Waals surface area contributed by atoms with Gasteiger partial charge in [0, 0.05) is 11.8 Å². The maximum atomic E-state index is 12.2. The average Bonchev–Trinajstić information content (AvgIpc) is 2.39. The van der Waals surface area contributed by atoms with E-state index in [-0.39, 0.29) is 16.1 Å². The normalized spacial score (nSPS) is 10.2. The van der Waals surface area contributed by atoms with Crippen molar-refractivity contribution in [3.63, 3.8) is 0 Å². The molecule has 0 aliphatic carbocycles. The number of nitriles is 1. The predicted molar refractivity (Wildman–Crippen MR) is 78.2 cm³/mol. The molecule has 2 rings (SSSR count). The van der Waals surface area contributed by atoms with Gasteiger partial charge < -0.3 is 5.11 Å². The van der Waals surface area contributed by atoms with Crippen molar-refractivity contribution in [2.75, 3.05) is 0 Å². The summed E-state index contributed by atoms with van der Waals surface area (Å²) in [5.41, 5.74) is 1.09. The lowest BCUT2D eigenvalue weighted by Crippen LogP contribution is -2.24. The van der Waals surface area contributed by atoms with Crippen LogP contribution in [0.3, 0.4) is 0 Å². The molecule has 0 aliphatic rings. The van der Waals surface area contributed by atoms with Crippen LogP contribution in [0.5, 0.6) is 0 Å². The van der Waals surface area contributed by atoms with E-state index in [2.05, 4.69) is 0 Å². The third-order valence-corrected chi connectivity index (χ3v) is 3.49. The van der Waals surface area contributed by atoms with Gasteiger partial charge in [-0.25, -0.2) is 4.79 Å². The SMILES string of the molecule is Cc1cc(=O)n(-c2ccc(C#N)cc2Cl)c(C)c1C(=O)O. The van der Waals surface area contributed by atoms with Crippen molar-refractivity contribution in [3.05, 3.63) is 62.0 Å². The van der Waals surface area contributed by atoms with Crippen LogP contribution in [-0.2, 0) is 0 Å². The van der Waals surface area contributed by atoms with Crippen molar-refractivity contribution < 1.29 is 9.90 Å². The Labute approximate surface area is 125 Å². The minimum absolute atomic E-state index is 0.0648. The van der Waals surface area contributed by atoms with Gasteiger partial charge in [-0.3, -0.25) is 9.36 Å². The van der Waals surface area contributed by atoms with E-state index < -0.39 is 5.97 Å². The first kappa shape index (κ1) is 14.8. The predicted octanol–water partition coefficient (Wildman–Crippen LogP) is 2.68. The highest BCUT2D eigenvalue weighted by atomic mass is 35.5. The molecule has 2 aromatic rings. The zero-order valence-electron chi connectivity index (χ0n) is 11.3. The van der Waals surface area contributed by atoms with Gasteiger partial charge >= 0.3 is 5.97 Å². The van der Waals surface area contributed by atoms with Gasteiger partial charge in [0.05, 0.1) is 27.9 Å². The van der Waals surface area contributed by atoms with E-state index in [0.717, 1.165) is 0 Å². The summed E-state index contributed by atoms with van der Waals surface area (Å²) in [4.78, 5) is 23.5. The number of aromatic nitrogens is 1. The fourth-order valence-corrected chi connectivity index (χ4v) is 2.53. The highest BCUT2D eigenvalue weighted by molar-refractivity contribution is 6.32. The van der Waals surface area contributed by atoms with Crippen LogP contribution in [0.2, 0.25) is 5.02 Å². The first-order valence-corrected chi connectivity index (χ1v) is 6.41. The van der Waals surface area contributed by atoms with Crippen LogP contribution in [0.25, 0.3) is 5.69 Å². The van der Waals surface area contributed by atoms with Gasteiger partial charge in [0.1, 0.15) is 0 Å². The van der Waals surface area contributed by atoms with E-state index in [1.807, 2.05) is 6.07 Å².